The number of nitrogens with zero attached hydrogens (tertiary/aromatic N) is 1. The summed E-state index contributed by atoms with van der Waals surface area (Å²) in [6, 6.07) is 6.18. The fourth-order valence-electron chi connectivity index (χ4n) is 1.50. The van der Waals surface area contributed by atoms with Crippen LogP contribution in [0.2, 0.25) is 5.02 Å². The van der Waals surface area contributed by atoms with Crippen LogP contribution in [0.15, 0.2) is 24.4 Å². The molecule has 0 bridgehead atoms. The molecular formula is C12H12ClN. The average molecular weight is 206 g/mol. The average Bonchev–Trinajstić information content (AvgIpc) is 2.19. The second kappa shape index (κ2) is 3.58. The first-order valence-corrected chi connectivity index (χ1v) is 5.13. The molecule has 0 N–H and O–H groups in total. The van der Waals surface area contributed by atoms with Gasteiger partial charge in [0, 0.05) is 16.6 Å². The fourth-order valence-corrected chi connectivity index (χ4v) is 1.66. The maximum Gasteiger partial charge on any atom is 0.0717 e. The minimum absolute atomic E-state index is 0.786. The van der Waals surface area contributed by atoms with E-state index in [2.05, 4.69) is 24.0 Å². The van der Waals surface area contributed by atoms with E-state index in [1.165, 1.54) is 10.9 Å². The summed E-state index contributed by atoms with van der Waals surface area (Å²) < 4.78 is 0. The standard InChI is InChI=1S/C12H12ClN/c1-3-9-5-10-4-8(2)11(13)6-12(10)14-7-9/h4-7H,3H2,1-2H3. The molecule has 2 rings (SSSR count). The van der Waals surface area contributed by atoms with E-state index in [-0.39, 0.29) is 0 Å². The van der Waals surface area contributed by atoms with Gasteiger partial charge in [0.1, 0.15) is 0 Å². The highest BCUT2D eigenvalue weighted by molar-refractivity contribution is 6.32. The van der Waals surface area contributed by atoms with Gasteiger partial charge in [0.25, 0.3) is 0 Å². The first-order valence-electron chi connectivity index (χ1n) is 4.75. The number of pyridine rings is 1. The number of benzene rings is 1. The lowest BCUT2D eigenvalue weighted by molar-refractivity contribution is 1.12. The highest BCUT2D eigenvalue weighted by Gasteiger charge is 2.00. The molecule has 2 aromatic rings. The van der Waals surface area contributed by atoms with E-state index in [1.54, 1.807) is 0 Å². The smallest absolute Gasteiger partial charge is 0.0717 e. The Kier molecular flexibility index (Phi) is 2.42. The van der Waals surface area contributed by atoms with Gasteiger partial charge in [0.2, 0.25) is 0 Å². The second-order valence-corrected chi connectivity index (χ2v) is 3.90. The Labute approximate surface area is 88.7 Å². The maximum absolute atomic E-state index is 6.02. The van der Waals surface area contributed by atoms with Crippen molar-refractivity contribution in [2.24, 2.45) is 0 Å². The summed E-state index contributed by atoms with van der Waals surface area (Å²) in [7, 11) is 0. The monoisotopic (exact) mass is 205 g/mol. The van der Waals surface area contributed by atoms with Crippen molar-refractivity contribution in [3.63, 3.8) is 0 Å². The van der Waals surface area contributed by atoms with Crippen LogP contribution in [0.25, 0.3) is 10.9 Å². The van der Waals surface area contributed by atoms with Crippen molar-refractivity contribution < 1.29 is 0 Å². The third-order valence-electron chi connectivity index (χ3n) is 2.43. The molecule has 1 aromatic heterocycles. The SMILES string of the molecule is CCc1cnc2cc(Cl)c(C)cc2c1. The fraction of sp³-hybridized carbons (Fsp3) is 0.250. The summed E-state index contributed by atoms with van der Waals surface area (Å²) in [4.78, 5) is 4.37. The molecule has 0 aliphatic carbocycles. The quantitative estimate of drug-likeness (QED) is 0.691. The lowest BCUT2D eigenvalue weighted by Gasteiger charge is -2.03. The van der Waals surface area contributed by atoms with Gasteiger partial charge in [-0.15, -0.1) is 0 Å². The number of aryl methyl sites for hydroxylation is 2. The predicted octanol–water partition coefficient (Wildman–Crippen LogP) is 3.76. The van der Waals surface area contributed by atoms with E-state index >= 15 is 0 Å². The van der Waals surface area contributed by atoms with Gasteiger partial charge in [-0.3, -0.25) is 4.98 Å². The molecule has 1 aromatic carbocycles. The van der Waals surface area contributed by atoms with Crippen molar-refractivity contribution in [3.8, 4) is 0 Å². The normalized spacial score (nSPS) is 10.8. The zero-order valence-corrected chi connectivity index (χ0v) is 9.10. The summed E-state index contributed by atoms with van der Waals surface area (Å²) in [5, 5.41) is 1.96. The van der Waals surface area contributed by atoms with Gasteiger partial charge in [-0.1, -0.05) is 18.5 Å². The zero-order chi connectivity index (χ0) is 10.1. The lowest BCUT2D eigenvalue weighted by atomic mass is 10.1. The Morgan fingerprint density at radius 1 is 1.29 bits per heavy atom. The van der Waals surface area contributed by atoms with E-state index < -0.39 is 0 Å². The van der Waals surface area contributed by atoms with Crippen LogP contribution in [0, 0.1) is 6.92 Å². The predicted molar refractivity (Wildman–Crippen MR) is 60.9 cm³/mol. The first-order chi connectivity index (χ1) is 6.70. The third kappa shape index (κ3) is 1.60. The van der Waals surface area contributed by atoms with E-state index in [0.29, 0.717) is 0 Å². The van der Waals surface area contributed by atoms with Gasteiger partial charge in [0.05, 0.1) is 5.52 Å². The van der Waals surface area contributed by atoms with Crippen LogP contribution >= 0.6 is 11.6 Å². The van der Waals surface area contributed by atoms with Crippen LogP contribution in [0.5, 0.6) is 0 Å². The largest absolute Gasteiger partial charge is 0.256 e. The topological polar surface area (TPSA) is 12.9 Å². The molecule has 0 amide bonds. The molecule has 72 valence electrons. The highest BCUT2D eigenvalue weighted by Crippen LogP contribution is 2.22. The highest BCUT2D eigenvalue weighted by atomic mass is 35.5. The summed E-state index contributed by atoms with van der Waals surface area (Å²) in [6.07, 6.45) is 2.93. The van der Waals surface area contributed by atoms with E-state index in [1.807, 2.05) is 19.2 Å². The van der Waals surface area contributed by atoms with Crippen molar-refractivity contribution in [2.75, 3.05) is 0 Å². The Morgan fingerprint density at radius 3 is 2.79 bits per heavy atom. The molecule has 0 atom stereocenters. The molecule has 0 unspecified atom stereocenters. The zero-order valence-electron chi connectivity index (χ0n) is 8.34. The van der Waals surface area contributed by atoms with Crippen LogP contribution in [0.3, 0.4) is 0 Å². The van der Waals surface area contributed by atoms with E-state index in [4.69, 9.17) is 11.6 Å². The lowest BCUT2D eigenvalue weighted by Crippen LogP contribution is -1.86. The number of hydrogen-bond donors (Lipinski definition) is 0. The molecular weight excluding hydrogens is 194 g/mol. The number of hydrogen-bond acceptors (Lipinski definition) is 1. The van der Waals surface area contributed by atoms with Crippen molar-refractivity contribution >= 4 is 22.5 Å². The van der Waals surface area contributed by atoms with Crippen molar-refractivity contribution in [1.82, 2.24) is 4.98 Å². The maximum atomic E-state index is 6.02. The van der Waals surface area contributed by atoms with Gasteiger partial charge in [-0.05, 0) is 42.7 Å². The van der Waals surface area contributed by atoms with Crippen LogP contribution in [-0.4, -0.2) is 4.98 Å². The van der Waals surface area contributed by atoms with E-state index in [0.717, 1.165) is 22.5 Å². The first kappa shape index (κ1) is 9.47. The number of halogens is 1. The molecule has 0 spiro atoms. The molecule has 0 saturated heterocycles. The molecule has 0 radical (unpaired) electrons. The van der Waals surface area contributed by atoms with Gasteiger partial charge in [0.15, 0.2) is 0 Å². The third-order valence-corrected chi connectivity index (χ3v) is 2.83. The molecule has 0 fully saturated rings. The minimum Gasteiger partial charge on any atom is -0.256 e. The van der Waals surface area contributed by atoms with Crippen LogP contribution in [-0.2, 0) is 6.42 Å². The Hall–Kier alpha value is -1.08. The van der Waals surface area contributed by atoms with Gasteiger partial charge < -0.3 is 0 Å². The molecule has 0 aliphatic rings. The minimum atomic E-state index is 0.786. The van der Waals surface area contributed by atoms with E-state index in [9.17, 15) is 0 Å². The molecule has 0 saturated carbocycles. The van der Waals surface area contributed by atoms with Gasteiger partial charge >= 0.3 is 0 Å². The van der Waals surface area contributed by atoms with Crippen LogP contribution < -0.4 is 0 Å². The molecule has 0 aliphatic heterocycles. The molecule has 1 heterocycles. The molecule has 1 nitrogen and oxygen atoms in total. The second-order valence-electron chi connectivity index (χ2n) is 3.49. The van der Waals surface area contributed by atoms with Crippen molar-refractivity contribution in [2.45, 2.75) is 20.3 Å². The van der Waals surface area contributed by atoms with Gasteiger partial charge in [-0.2, -0.15) is 0 Å². The van der Waals surface area contributed by atoms with Gasteiger partial charge in [-0.25, -0.2) is 0 Å². The number of rotatable bonds is 1. The summed E-state index contributed by atoms with van der Waals surface area (Å²) in [5.74, 6) is 0. The number of fused-ring (bicyclic) bond motifs is 1. The Balaban J connectivity index is 2.70. The summed E-state index contributed by atoms with van der Waals surface area (Å²) in [6.45, 7) is 4.14. The Morgan fingerprint density at radius 2 is 2.07 bits per heavy atom. The summed E-state index contributed by atoms with van der Waals surface area (Å²) >= 11 is 6.02. The van der Waals surface area contributed by atoms with Crippen molar-refractivity contribution in [3.05, 3.63) is 40.5 Å². The van der Waals surface area contributed by atoms with Crippen LogP contribution in [0.4, 0.5) is 0 Å². The molecule has 14 heavy (non-hydrogen) atoms. The Bertz CT molecular complexity index is 477. The molecule has 2 heteroatoms. The number of aromatic nitrogens is 1. The summed E-state index contributed by atoms with van der Waals surface area (Å²) in [5.41, 5.74) is 3.34. The van der Waals surface area contributed by atoms with Crippen LogP contribution in [0.1, 0.15) is 18.1 Å². The van der Waals surface area contributed by atoms with Crippen molar-refractivity contribution in [1.29, 1.82) is 0 Å².